The minimum absolute atomic E-state index is 0.0693. The van der Waals surface area contributed by atoms with Crippen molar-refractivity contribution in [3.05, 3.63) is 34.9 Å². The number of nitrogens with zero attached hydrogens (tertiary/aromatic N) is 5. The summed E-state index contributed by atoms with van der Waals surface area (Å²) in [5.74, 6) is 0.539. The molecule has 11 heteroatoms. The number of guanidine groups is 1. The second kappa shape index (κ2) is 9.38. The fourth-order valence-electron chi connectivity index (χ4n) is 2.50. The Balaban J connectivity index is 1.90. The second-order valence-electron chi connectivity index (χ2n) is 6.08. The van der Waals surface area contributed by atoms with Gasteiger partial charge in [-0.05, 0) is 26.8 Å². The lowest BCUT2D eigenvalue weighted by atomic mass is 10.2. The van der Waals surface area contributed by atoms with E-state index in [1.807, 2.05) is 32.5 Å². The quantitative estimate of drug-likeness (QED) is 0.375. The molecule has 0 aliphatic heterocycles. The first-order valence-electron chi connectivity index (χ1n) is 8.87. The van der Waals surface area contributed by atoms with Crippen LogP contribution < -0.4 is 16.0 Å². The molecule has 0 unspecified atom stereocenters. The predicted octanol–water partition coefficient (Wildman–Crippen LogP) is 2.01. The highest BCUT2D eigenvalue weighted by atomic mass is 19.4. The van der Waals surface area contributed by atoms with Crippen molar-refractivity contribution in [3.8, 4) is 0 Å². The summed E-state index contributed by atoms with van der Waals surface area (Å²) in [6.45, 7) is 7.80. The normalized spacial score (nSPS) is 12.2. The van der Waals surface area contributed by atoms with Crippen LogP contribution in [0, 0.1) is 13.8 Å². The number of halogens is 3. The molecule has 8 nitrogen and oxygen atoms in total. The van der Waals surface area contributed by atoms with Crippen molar-refractivity contribution in [3.63, 3.8) is 0 Å². The summed E-state index contributed by atoms with van der Waals surface area (Å²) in [6, 6.07) is 0.835. The van der Waals surface area contributed by atoms with Crippen molar-refractivity contribution in [2.75, 3.05) is 25.0 Å². The lowest BCUT2D eigenvalue weighted by Gasteiger charge is -2.12. The molecule has 0 radical (unpaired) electrons. The summed E-state index contributed by atoms with van der Waals surface area (Å²) in [4.78, 5) is 11.8. The van der Waals surface area contributed by atoms with E-state index in [1.165, 1.54) is 0 Å². The third kappa shape index (κ3) is 5.83. The predicted molar refractivity (Wildman–Crippen MR) is 101 cm³/mol. The van der Waals surface area contributed by atoms with Gasteiger partial charge in [0.1, 0.15) is 5.69 Å². The van der Waals surface area contributed by atoms with Gasteiger partial charge in [-0.25, -0.2) is 15.0 Å². The van der Waals surface area contributed by atoms with E-state index < -0.39 is 11.9 Å². The fraction of sp³-hybridized carbons (Fsp3) is 0.529. The smallest absolute Gasteiger partial charge is 0.357 e. The first-order valence-corrected chi connectivity index (χ1v) is 8.87. The molecule has 2 aromatic rings. The standard InChI is InChI=1S/C17H25F3N8/c1-5-21-15(25-10-13-11(2)27-28(4)12(13)3)23-8-9-24-16-22-7-6-14(26-16)17(18,19)20/h6-7H,5,8-10H2,1-4H3,(H2,21,23,25)(H,22,24,26). The third-order valence-corrected chi connectivity index (χ3v) is 4.04. The third-order valence-electron chi connectivity index (χ3n) is 4.04. The summed E-state index contributed by atoms with van der Waals surface area (Å²) in [7, 11) is 1.89. The Kier molecular flexibility index (Phi) is 7.18. The van der Waals surface area contributed by atoms with Gasteiger partial charge < -0.3 is 16.0 Å². The van der Waals surface area contributed by atoms with Crippen molar-refractivity contribution in [1.29, 1.82) is 0 Å². The Morgan fingerprint density at radius 1 is 1.21 bits per heavy atom. The van der Waals surface area contributed by atoms with Gasteiger partial charge in [0, 0.05) is 44.1 Å². The van der Waals surface area contributed by atoms with E-state index in [1.54, 1.807) is 0 Å². The Morgan fingerprint density at radius 3 is 2.57 bits per heavy atom. The zero-order chi connectivity index (χ0) is 20.7. The highest BCUT2D eigenvalue weighted by Gasteiger charge is 2.32. The number of alkyl halides is 3. The van der Waals surface area contributed by atoms with Gasteiger partial charge in [0.2, 0.25) is 5.95 Å². The van der Waals surface area contributed by atoms with Crippen LogP contribution in [0.4, 0.5) is 19.1 Å². The molecule has 3 N–H and O–H groups in total. The molecular weight excluding hydrogens is 373 g/mol. The van der Waals surface area contributed by atoms with Gasteiger partial charge in [0.25, 0.3) is 0 Å². The first-order chi connectivity index (χ1) is 13.2. The van der Waals surface area contributed by atoms with Gasteiger partial charge in [0.15, 0.2) is 5.96 Å². The van der Waals surface area contributed by atoms with Gasteiger partial charge in [-0.2, -0.15) is 18.3 Å². The van der Waals surface area contributed by atoms with E-state index in [9.17, 15) is 13.2 Å². The van der Waals surface area contributed by atoms with Gasteiger partial charge in [0.05, 0.1) is 12.2 Å². The van der Waals surface area contributed by atoms with Crippen LogP contribution in [0.15, 0.2) is 17.3 Å². The monoisotopic (exact) mass is 398 g/mol. The zero-order valence-corrected chi connectivity index (χ0v) is 16.4. The number of anilines is 1. The summed E-state index contributed by atoms with van der Waals surface area (Å²) < 4.78 is 39.8. The molecule has 0 saturated carbocycles. The number of hydrogen-bond acceptors (Lipinski definition) is 5. The molecule has 154 valence electrons. The fourth-order valence-corrected chi connectivity index (χ4v) is 2.50. The largest absolute Gasteiger partial charge is 0.433 e. The molecule has 0 saturated heterocycles. The summed E-state index contributed by atoms with van der Waals surface area (Å²) >= 11 is 0. The van der Waals surface area contributed by atoms with E-state index in [-0.39, 0.29) is 5.95 Å². The lowest BCUT2D eigenvalue weighted by molar-refractivity contribution is -0.141. The van der Waals surface area contributed by atoms with Crippen molar-refractivity contribution >= 4 is 11.9 Å². The topological polar surface area (TPSA) is 92.0 Å². The second-order valence-corrected chi connectivity index (χ2v) is 6.08. The molecule has 0 aliphatic carbocycles. The van der Waals surface area contributed by atoms with Crippen molar-refractivity contribution in [2.24, 2.45) is 12.0 Å². The Bertz CT molecular complexity index is 813. The molecule has 0 aliphatic rings. The minimum Gasteiger partial charge on any atom is -0.357 e. The average Bonchev–Trinajstić information content (AvgIpc) is 2.88. The molecule has 0 fully saturated rings. The number of aliphatic imine (C=N–C) groups is 1. The van der Waals surface area contributed by atoms with Crippen molar-refractivity contribution in [1.82, 2.24) is 30.4 Å². The van der Waals surface area contributed by atoms with Crippen molar-refractivity contribution in [2.45, 2.75) is 33.5 Å². The van der Waals surface area contributed by atoms with Gasteiger partial charge in [-0.3, -0.25) is 4.68 Å². The molecule has 0 aromatic carbocycles. The highest BCUT2D eigenvalue weighted by Crippen LogP contribution is 2.27. The van der Waals surface area contributed by atoms with E-state index in [2.05, 4.69) is 36.0 Å². The van der Waals surface area contributed by atoms with E-state index in [0.717, 1.165) is 29.2 Å². The average molecular weight is 398 g/mol. The van der Waals surface area contributed by atoms with E-state index >= 15 is 0 Å². The number of aromatic nitrogens is 4. The number of rotatable bonds is 7. The Labute approximate surface area is 161 Å². The molecule has 0 amide bonds. The van der Waals surface area contributed by atoms with Gasteiger partial charge >= 0.3 is 6.18 Å². The lowest BCUT2D eigenvalue weighted by Crippen LogP contribution is -2.39. The molecule has 2 aromatic heterocycles. The maximum absolute atomic E-state index is 12.7. The molecule has 2 rings (SSSR count). The van der Waals surface area contributed by atoms with Gasteiger partial charge in [-0.15, -0.1) is 0 Å². The van der Waals surface area contributed by atoms with Crippen LogP contribution in [0.25, 0.3) is 0 Å². The SMILES string of the molecule is CCNC(=NCc1c(C)nn(C)c1C)NCCNc1nccc(C(F)(F)F)n1. The summed E-state index contributed by atoms with van der Waals surface area (Å²) in [5.41, 5.74) is 2.08. The van der Waals surface area contributed by atoms with Gasteiger partial charge in [-0.1, -0.05) is 0 Å². The van der Waals surface area contributed by atoms with E-state index in [4.69, 9.17) is 0 Å². The molecule has 0 bridgehead atoms. The van der Waals surface area contributed by atoms with Crippen LogP contribution in [0.2, 0.25) is 0 Å². The van der Waals surface area contributed by atoms with Crippen LogP contribution in [0.3, 0.4) is 0 Å². The number of nitrogens with one attached hydrogen (secondary N) is 3. The molecule has 2 heterocycles. The summed E-state index contributed by atoms with van der Waals surface area (Å²) in [6.07, 6.45) is -3.42. The molecular formula is C17H25F3N8. The maximum atomic E-state index is 12.7. The van der Waals surface area contributed by atoms with Crippen LogP contribution in [0.1, 0.15) is 29.6 Å². The number of hydrogen-bond donors (Lipinski definition) is 3. The minimum atomic E-state index is -4.49. The molecule has 28 heavy (non-hydrogen) atoms. The molecule has 0 spiro atoms. The maximum Gasteiger partial charge on any atom is 0.433 e. The van der Waals surface area contributed by atoms with Crippen LogP contribution in [-0.4, -0.2) is 45.3 Å². The first kappa shape index (κ1) is 21.5. The van der Waals surface area contributed by atoms with E-state index in [0.29, 0.717) is 32.1 Å². The summed E-state index contributed by atoms with van der Waals surface area (Å²) in [5, 5.41) is 13.4. The Morgan fingerprint density at radius 2 is 1.96 bits per heavy atom. The van der Waals surface area contributed by atoms with Crippen molar-refractivity contribution < 1.29 is 13.2 Å². The van der Waals surface area contributed by atoms with Crippen LogP contribution in [0.5, 0.6) is 0 Å². The van der Waals surface area contributed by atoms with Crippen LogP contribution >= 0.6 is 0 Å². The highest BCUT2D eigenvalue weighted by molar-refractivity contribution is 5.79. The van der Waals surface area contributed by atoms with Crippen LogP contribution in [-0.2, 0) is 19.8 Å². The number of aryl methyl sites for hydroxylation is 2. The molecule has 0 atom stereocenters. The zero-order valence-electron chi connectivity index (χ0n) is 16.4. The Hall–Kier alpha value is -2.85.